The number of nitrogens with one attached hydrogen (secondary N) is 1. The van der Waals surface area contributed by atoms with Crippen LogP contribution in [0.15, 0.2) is 42.5 Å². The van der Waals surface area contributed by atoms with Crippen molar-refractivity contribution < 1.29 is 25.2 Å². The molecule has 0 spiro atoms. The fourth-order valence-electron chi connectivity index (χ4n) is 2.79. The average Bonchev–Trinajstić information content (AvgIpc) is 2.52. The molecule has 0 unspecified atom stereocenters. The Kier molecular flexibility index (Phi) is 4.80. The Labute approximate surface area is 151 Å². The van der Waals surface area contributed by atoms with Crippen molar-refractivity contribution in [3.05, 3.63) is 53.6 Å². The highest BCUT2D eigenvalue weighted by Gasteiger charge is 2.20. The summed E-state index contributed by atoms with van der Waals surface area (Å²) in [6.07, 6.45) is 1.58. The molecule has 0 radical (unpaired) electrons. The van der Waals surface area contributed by atoms with E-state index in [1.165, 1.54) is 12.1 Å². The standard InChI is InChI=1S/C15H17N3O6S2/c16-25(19,20)23-12-5-1-10(2-6-12)14-8-4-11-3-7-13(9-15(11)18-14)24-26(17,21)22/h1-3,5-7,9,14,18H,4,8H2,(H2,16,19,20)(H2,17,21,22)/t14-/m1/s1. The molecule has 5 N–H and O–H groups in total. The summed E-state index contributed by atoms with van der Waals surface area (Å²) in [5, 5.41) is 13.0. The third-order valence-electron chi connectivity index (χ3n) is 3.82. The van der Waals surface area contributed by atoms with E-state index in [4.69, 9.17) is 14.5 Å². The van der Waals surface area contributed by atoms with Crippen LogP contribution in [0.25, 0.3) is 0 Å². The quantitative estimate of drug-likeness (QED) is 0.677. The molecule has 2 aromatic carbocycles. The van der Waals surface area contributed by atoms with Gasteiger partial charge in [0.2, 0.25) is 0 Å². The predicted molar refractivity (Wildman–Crippen MR) is 95.0 cm³/mol. The Bertz CT molecular complexity index is 1020. The van der Waals surface area contributed by atoms with Gasteiger partial charge in [-0.25, -0.2) is 0 Å². The fourth-order valence-corrected chi connectivity index (χ4v) is 3.54. The zero-order valence-electron chi connectivity index (χ0n) is 13.5. The van der Waals surface area contributed by atoms with E-state index in [-0.39, 0.29) is 17.5 Å². The number of anilines is 1. The average molecular weight is 399 g/mol. The highest BCUT2D eigenvalue weighted by Crippen LogP contribution is 2.35. The van der Waals surface area contributed by atoms with Gasteiger partial charge >= 0.3 is 20.6 Å². The van der Waals surface area contributed by atoms with E-state index in [1.807, 2.05) is 0 Å². The molecule has 11 heteroatoms. The minimum atomic E-state index is -4.09. The molecule has 0 fully saturated rings. The Morgan fingerprint density at radius 3 is 2.08 bits per heavy atom. The van der Waals surface area contributed by atoms with Gasteiger partial charge in [0, 0.05) is 11.8 Å². The molecule has 0 saturated carbocycles. The van der Waals surface area contributed by atoms with Crippen LogP contribution in [0.1, 0.15) is 23.6 Å². The highest BCUT2D eigenvalue weighted by molar-refractivity contribution is 7.85. The molecule has 0 bridgehead atoms. The summed E-state index contributed by atoms with van der Waals surface area (Å²) in [5.41, 5.74) is 2.68. The van der Waals surface area contributed by atoms with Gasteiger partial charge in [-0.3, -0.25) is 0 Å². The van der Waals surface area contributed by atoms with Crippen LogP contribution in [-0.2, 0) is 27.0 Å². The molecule has 0 amide bonds. The van der Waals surface area contributed by atoms with Gasteiger partial charge in [-0.05, 0) is 42.2 Å². The molecule has 1 heterocycles. The normalized spacial score (nSPS) is 17.1. The number of rotatable bonds is 5. The van der Waals surface area contributed by atoms with Gasteiger partial charge in [0.1, 0.15) is 11.5 Å². The largest absolute Gasteiger partial charge is 0.380 e. The maximum atomic E-state index is 11.1. The van der Waals surface area contributed by atoms with Gasteiger partial charge in [-0.2, -0.15) is 27.1 Å². The van der Waals surface area contributed by atoms with Gasteiger partial charge in [0.25, 0.3) is 0 Å². The van der Waals surface area contributed by atoms with Gasteiger partial charge in [0.15, 0.2) is 0 Å². The summed E-state index contributed by atoms with van der Waals surface area (Å²) in [4.78, 5) is 0. The maximum Gasteiger partial charge on any atom is 0.380 e. The van der Waals surface area contributed by atoms with E-state index in [0.717, 1.165) is 29.7 Å². The number of benzene rings is 2. The van der Waals surface area contributed by atoms with E-state index < -0.39 is 20.6 Å². The van der Waals surface area contributed by atoms with E-state index in [0.29, 0.717) is 0 Å². The van der Waals surface area contributed by atoms with E-state index >= 15 is 0 Å². The van der Waals surface area contributed by atoms with Crippen molar-refractivity contribution in [2.75, 3.05) is 5.32 Å². The minimum Gasteiger partial charge on any atom is -0.378 e. The summed E-state index contributed by atoms with van der Waals surface area (Å²) in [5.74, 6) is 0.243. The van der Waals surface area contributed by atoms with Crippen LogP contribution in [0.5, 0.6) is 11.5 Å². The lowest BCUT2D eigenvalue weighted by Crippen LogP contribution is -2.21. The third-order valence-corrected chi connectivity index (χ3v) is 4.67. The van der Waals surface area contributed by atoms with Crippen LogP contribution in [-0.4, -0.2) is 16.8 Å². The summed E-state index contributed by atoms with van der Waals surface area (Å²) in [6.45, 7) is 0. The van der Waals surface area contributed by atoms with E-state index in [9.17, 15) is 16.8 Å². The summed E-state index contributed by atoms with van der Waals surface area (Å²) >= 11 is 0. The molecule has 26 heavy (non-hydrogen) atoms. The van der Waals surface area contributed by atoms with Gasteiger partial charge in [-0.1, -0.05) is 18.2 Å². The lowest BCUT2D eigenvalue weighted by atomic mass is 9.93. The summed E-state index contributed by atoms with van der Waals surface area (Å²) < 4.78 is 53.3. The van der Waals surface area contributed by atoms with Crippen LogP contribution in [0.4, 0.5) is 5.69 Å². The monoisotopic (exact) mass is 399 g/mol. The first-order valence-electron chi connectivity index (χ1n) is 7.53. The van der Waals surface area contributed by atoms with E-state index in [2.05, 4.69) is 9.50 Å². The van der Waals surface area contributed by atoms with Crippen LogP contribution in [0.2, 0.25) is 0 Å². The second kappa shape index (κ2) is 6.76. The number of hydrogen-bond donors (Lipinski definition) is 3. The zero-order chi connectivity index (χ0) is 18.9. The molecule has 1 aliphatic rings. The highest BCUT2D eigenvalue weighted by atomic mass is 32.2. The Balaban J connectivity index is 1.78. The van der Waals surface area contributed by atoms with E-state index in [1.54, 1.807) is 30.3 Å². The summed E-state index contributed by atoms with van der Waals surface area (Å²) in [7, 11) is -8.15. The Morgan fingerprint density at radius 1 is 0.885 bits per heavy atom. The van der Waals surface area contributed by atoms with Crippen LogP contribution in [0.3, 0.4) is 0 Å². The topological polar surface area (TPSA) is 151 Å². The van der Waals surface area contributed by atoms with Gasteiger partial charge < -0.3 is 13.7 Å². The fraction of sp³-hybridized carbons (Fsp3) is 0.200. The first kappa shape index (κ1) is 18.5. The molecule has 1 aliphatic heterocycles. The van der Waals surface area contributed by atoms with Crippen LogP contribution in [0, 0.1) is 0 Å². The Morgan fingerprint density at radius 2 is 1.46 bits per heavy atom. The first-order chi connectivity index (χ1) is 12.1. The maximum absolute atomic E-state index is 11.1. The van der Waals surface area contributed by atoms with Crippen LogP contribution < -0.4 is 24.0 Å². The second-order valence-electron chi connectivity index (χ2n) is 5.78. The van der Waals surface area contributed by atoms with Crippen molar-refractivity contribution in [2.24, 2.45) is 10.3 Å². The van der Waals surface area contributed by atoms with Crippen LogP contribution >= 0.6 is 0 Å². The molecule has 9 nitrogen and oxygen atoms in total. The molecule has 0 saturated heterocycles. The van der Waals surface area contributed by atoms with Crippen molar-refractivity contribution in [3.8, 4) is 11.5 Å². The third kappa shape index (κ3) is 4.85. The number of hydrogen-bond acceptors (Lipinski definition) is 7. The molecule has 1 atom stereocenters. The molecule has 2 aromatic rings. The molecule has 0 aliphatic carbocycles. The lowest BCUT2D eigenvalue weighted by Gasteiger charge is -2.27. The first-order valence-corrected chi connectivity index (χ1v) is 10.5. The zero-order valence-corrected chi connectivity index (χ0v) is 15.1. The van der Waals surface area contributed by atoms with Gasteiger partial charge in [0.05, 0.1) is 6.04 Å². The molecular formula is C15H17N3O6S2. The predicted octanol–water partition coefficient (Wildman–Crippen LogP) is 0.951. The smallest absolute Gasteiger partial charge is 0.378 e. The number of fused-ring (bicyclic) bond motifs is 1. The van der Waals surface area contributed by atoms with Crippen molar-refractivity contribution >= 4 is 26.3 Å². The second-order valence-corrected chi connectivity index (χ2v) is 8.08. The SMILES string of the molecule is NS(=O)(=O)Oc1ccc([C@H]2CCc3ccc(OS(N)(=O)=O)cc3N2)cc1. The molecule has 0 aromatic heterocycles. The lowest BCUT2D eigenvalue weighted by molar-refractivity contribution is 0.486. The van der Waals surface area contributed by atoms with Crippen molar-refractivity contribution in [1.29, 1.82) is 0 Å². The number of aryl methyl sites for hydroxylation is 1. The minimum absolute atomic E-state index is 0.0456. The molecule has 140 valence electrons. The molecule has 3 rings (SSSR count). The Hall–Kier alpha value is -2.34. The van der Waals surface area contributed by atoms with Crippen molar-refractivity contribution in [2.45, 2.75) is 18.9 Å². The number of nitrogens with two attached hydrogens (primary N) is 2. The molecular weight excluding hydrogens is 382 g/mol. The van der Waals surface area contributed by atoms with Crippen molar-refractivity contribution in [3.63, 3.8) is 0 Å². The van der Waals surface area contributed by atoms with Gasteiger partial charge in [-0.15, -0.1) is 0 Å². The van der Waals surface area contributed by atoms with Crippen molar-refractivity contribution in [1.82, 2.24) is 0 Å². The summed E-state index contributed by atoms with van der Waals surface area (Å²) in [6, 6.07) is 11.3.